The lowest BCUT2D eigenvalue weighted by molar-refractivity contribution is -0.128. The van der Waals surface area contributed by atoms with Crippen LogP contribution in [0.15, 0.2) is 84.9 Å². The molecule has 0 saturated carbocycles. The molecule has 0 spiro atoms. The van der Waals surface area contributed by atoms with E-state index in [0.717, 1.165) is 29.7 Å². The van der Waals surface area contributed by atoms with Gasteiger partial charge in [0.25, 0.3) is 5.91 Å². The number of carbonyl (C=O) groups is 2. The Morgan fingerprint density at radius 3 is 2.00 bits per heavy atom. The lowest BCUT2D eigenvalue weighted by Crippen LogP contribution is -2.39. The second-order valence-electron chi connectivity index (χ2n) is 8.36. The van der Waals surface area contributed by atoms with Gasteiger partial charge in [-0.05, 0) is 42.2 Å². The molecule has 3 aromatic carbocycles. The molecule has 31 heavy (non-hydrogen) atoms. The summed E-state index contributed by atoms with van der Waals surface area (Å²) >= 11 is 0. The lowest BCUT2D eigenvalue weighted by Gasteiger charge is -2.31. The molecule has 0 radical (unpaired) electrons. The van der Waals surface area contributed by atoms with Gasteiger partial charge in [-0.1, -0.05) is 72.8 Å². The Kier molecular flexibility index (Phi) is 6.17. The van der Waals surface area contributed by atoms with Gasteiger partial charge in [0, 0.05) is 37.0 Å². The van der Waals surface area contributed by atoms with Crippen molar-refractivity contribution in [2.45, 2.75) is 31.7 Å². The molecule has 3 aromatic rings. The van der Waals surface area contributed by atoms with Gasteiger partial charge in [-0.2, -0.15) is 0 Å². The van der Waals surface area contributed by atoms with Crippen LogP contribution in [0.3, 0.4) is 0 Å². The van der Waals surface area contributed by atoms with Crippen molar-refractivity contribution in [2.24, 2.45) is 0 Å². The maximum Gasteiger partial charge on any atom is 0.251 e. The van der Waals surface area contributed by atoms with Gasteiger partial charge in [0.15, 0.2) is 0 Å². The molecule has 1 aliphatic heterocycles. The third-order valence-electron chi connectivity index (χ3n) is 6.19. The average molecular weight is 413 g/mol. The first-order valence-corrected chi connectivity index (χ1v) is 10.8. The maximum atomic E-state index is 12.9. The Morgan fingerprint density at radius 2 is 1.48 bits per heavy atom. The van der Waals surface area contributed by atoms with Gasteiger partial charge >= 0.3 is 0 Å². The number of carbonyl (C=O) groups excluding carboxylic acids is 2. The molecule has 1 fully saturated rings. The average Bonchev–Trinajstić information content (AvgIpc) is 3.23. The Hall–Kier alpha value is -3.40. The zero-order valence-electron chi connectivity index (χ0n) is 17.9. The highest BCUT2D eigenvalue weighted by molar-refractivity contribution is 5.94. The molecule has 0 atom stereocenters. The van der Waals surface area contributed by atoms with E-state index >= 15 is 0 Å². The number of benzene rings is 3. The molecule has 1 N–H and O–H groups in total. The van der Waals surface area contributed by atoms with Crippen molar-refractivity contribution < 1.29 is 9.59 Å². The molecule has 4 heteroatoms. The first kappa shape index (κ1) is 20.9. The SMILES string of the molecule is CC(CNC(=O)c1ccc(CN2CCCC2=O)cc1)(c1ccccc1)c1ccccc1. The number of likely N-dealkylation sites (tertiary alicyclic amines) is 1. The normalized spacial score (nSPS) is 14.0. The van der Waals surface area contributed by atoms with Crippen LogP contribution in [-0.4, -0.2) is 29.8 Å². The number of hydrogen-bond acceptors (Lipinski definition) is 2. The molecule has 158 valence electrons. The Morgan fingerprint density at radius 1 is 0.903 bits per heavy atom. The zero-order valence-corrected chi connectivity index (χ0v) is 17.9. The van der Waals surface area contributed by atoms with E-state index in [9.17, 15) is 9.59 Å². The van der Waals surface area contributed by atoms with Crippen LogP contribution >= 0.6 is 0 Å². The first-order chi connectivity index (χ1) is 15.1. The molecule has 0 unspecified atom stereocenters. The fraction of sp³-hybridized carbons (Fsp3) is 0.259. The minimum atomic E-state index is -0.339. The van der Waals surface area contributed by atoms with Gasteiger partial charge in [0.05, 0.1) is 0 Å². The minimum absolute atomic E-state index is 0.0955. The van der Waals surface area contributed by atoms with Crippen molar-refractivity contribution in [1.29, 1.82) is 0 Å². The van der Waals surface area contributed by atoms with Gasteiger partial charge in [-0.3, -0.25) is 9.59 Å². The van der Waals surface area contributed by atoms with E-state index in [-0.39, 0.29) is 17.2 Å². The molecule has 1 aliphatic rings. The largest absolute Gasteiger partial charge is 0.351 e. The van der Waals surface area contributed by atoms with Crippen molar-refractivity contribution in [2.75, 3.05) is 13.1 Å². The van der Waals surface area contributed by atoms with Crippen molar-refractivity contribution >= 4 is 11.8 Å². The predicted molar refractivity (Wildman–Crippen MR) is 123 cm³/mol. The second kappa shape index (κ2) is 9.17. The van der Waals surface area contributed by atoms with Crippen molar-refractivity contribution in [3.05, 3.63) is 107 Å². The molecule has 4 rings (SSSR count). The molecule has 2 amide bonds. The van der Waals surface area contributed by atoms with Crippen LogP contribution in [-0.2, 0) is 16.8 Å². The number of nitrogens with zero attached hydrogens (tertiary/aromatic N) is 1. The molecule has 1 saturated heterocycles. The summed E-state index contributed by atoms with van der Waals surface area (Å²) in [5.74, 6) is 0.116. The summed E-state index contributed by atoms with van der Waals surface area (Å²) in [6.45, 7) is 4.08. The number of rotatable bonds is 7. The number of amides is 2. The second-order valence-corrected chi connectivity index (χ2v) is 8.36. The lowest BCUT2D eigenvalue weighted by atomic mass is 9.76. The molecular formula is C27H28N2O2. The van der Waals surface area contributed by atoms with Crippen molar-refractivity contribution in [1.82, 2.24) is 10.2 Å². The summed E-state index contributed by atoms with van der Waals surface area (Å²) in [6.07, 6.45) is 1.57. The van der Waals surface area contributed by atoms with Crippen molar-refractivity contribution in [3.8, 4) is 0 Å². The van der Waals surface area contributed by atoms with E-state index in [2.05, 4.69) is 36.5 Å². The quantitative estimate of drug-likeness (QED) is 0.619. The topological polar surface area (TPSA) is 49.4 Å². The summed E-state index contributed by atoms with van der Waals surface area (Å²) < 4.78 is 0. The van der Waals surface area contributed by atoms with Crippen LogP contribution in [0.1, 0.15) is 46.8 Å². The van der Waals surface area contributed by atoms with Crippen LogP contribution < -0.4 is 5.32 Å². The monoisotopic (exact) mass is 412 g/mol. The van der Waals surface area contributed by atoms with E-state index in [1.165, 1.54) is 0 Å². The van der Waals surface area contributed by atoms with Gasteiger partial charge in [-0.25, -0.2) is 0 Å². The van der Waals surface area contributed by atoms with Crippen LogP contribution in [0, 0.1) is 0 Å². The fourth-order valence-electron chi connectivity index (χ4n) is 4.20. The summed E-state index contributed by atoms with van der Waals surface area (Å²) in [4.78, 5) is 26.6. The standard InChI is InChI=1S/C27H28N2O2/c1-27(23-9-4-2-5-10-23,24-11-6-3-7-12-24)20-28-26(31)22-16-14-21(15-17-22)19-29-18-8-13-25(29)30/h2-7,9-12,14-17H,8,13,18-20H2,1H3,(H,28,31). The van der Waals surface area contributed by atoms with Gasteiger partial charge in [0.2, 0.25) is 5.91 Å². The van der Waals surface area contributed by atoms with Crippen LogP contribution in [0.2, 0.25) is 0 Å². The molecule has 0 aliphatic carbocycles. The number of hydrogen-bond donors (Lipinski definition) is 1. The van der Waals surface area contributed by atoms with Crippen LogP contribution in [0.5, 0.6) is 0 Å². The highest BCUT2D eigenvalue weighted by Crippen LogP contribution is 2.31. The Balaban J connectivity index is 1.46. The molecular weight excluding hydrogens is 384 g/mol. The van der Waals surface area contributed by atoms with E-state index in [0.29, 0.717) is 25.1 Å². The van der Waals surface area contributed by atoms with E-state index in [1.54, 1.807) is 0 Å². The van der Waals surface area contributed by atoms with Gasteiger partial charge in [-0.15, -0.1) is 0 Å². The van der Waals surface area contributed by atoms with E-state index in [1.807, 2.05) is 65.6 Å². The van der Waals surface area contributed by atoms with Gasteiger partial charge in [0.1, 0.15) is 0 Å². The third kappa shape index (κ3) is 4.69. The highest BCUT2D eigenvalue weighted by Gasteiger charge is 2.29. The maximum absolute atomic E-state index is 12.9. The Bertz CT molecular complexity index is 990. The third-order valence-corrected chi connectivity index (χ3v) is 6.19. The predicted octanol–water partition coefficient (Wildman–Crippen LogP) is 4.55. The van der Waals surface area contributed by atoms with Gasteiger partial charge < -0.3 is 10.2 Å². The highest BCUT2D eigenvalue weighted by atomic mass is 16.2. The van der Waals surface area contributed by atoms with Crippen LogP contribution in [0.4, 0.5) is 0 Å². The zero-order chi connectivity index (χ0) is 21.7. The molecule has 4 nitrogen and oxygen atoms in total. The minimum Gasteiger partial charge on any atom is -0.351 e. The number of nitrogens with one attached hydrogen (secondary N) is 1. The Labute approximate surface area is 183 Å². The molecule has 1 heterocycles. The van der Waals surface area contributed by atoms with Crippen LogP contribution in [0.25, 0.3) is 0 Å². The summed E-state index contributed by atoms with van der Waals surface area (Å²) in [7, 11) is 0. The molecule has 0 aromatic heterocycles. The summed E-state index contributed by atoms with van der Waals surface area (Å²) in [6, 6.07) is 28.1. The van der Waals surface area contributed by atoms with E-state index < -0.39 is 0 Å². The van der Waals surface area contributed by atoms with Crippen molar-refractivity contribution in [3.63, 3.8) is 0 Å². The fourth-order valence-corrected chi connectivity index (χ4v) is 4.20. The van der Waals surface area contributed by atoms with E-state index in [4.69, 9.17) is 0 Å². The summed E-state index contributed by atoms with van der Waals surface area (Å²) in [5.41, 5.74) is 3.65. The smallest absolute Gasteiger partial charge is 0.251 e. The first-order valence-electron chi connectivity index (χ1n) is 10.8. The summed E-state index contributed by atoms with van der Waals surface area (Å²) in [5, 5.41) is 3.13. The molecule has 0 bridgehead atoms.